The zero-order valence-electron chi connectivity index (χ0n) is 14.2. The van der Waals surface area contributed by atoms with Crippen molar-refractivity contribution in [1.82, 2.24) is 15.2 Å². The van der Waals surface area contributed by atoms with Crippen LogP contribution in [-0.4, -0.2) is 38.9 Å². The normalized spacial score (nSPS) is 10.4. The van der Waals surface area contributed by atoms with Gasteiger partial charge in [0, 0.05) is 11.6 Å². The van der Waals surface area contributed by atoms with E-state index in [1.807, 2.05) is 30.3 Å². The van der Waals surface area contributed by atoms with Crippen LogP contribution in [-0.2, 0) is 4.79 Å². The van der Waals surface area contributed by atoms with Crippen LogP contribution in [0.15, 0.2) is 53.7 Å². The summed E-state index contributed by atoms with van der Waals surface area (Å²) in [5, 5.41) is 20.8. The first-order valence-corrected chi connectivity index (χ1v) is 8.78. The Bertz CT molecular complexity index is 961. The van der Waals surface area contributed by atoms with Crippen molar-refractivity contribution < 1.29 is 14.5 Å². The molecule has 3 rings (SSSR count). The van der Waals surface area contributed by atoms with Crippen molar-refractivity contribution in [3.05, 3.63) is 58.6 Å². The van der Waals surface area contributed by atoms with E-state index in [-0.39, 0.29) is 23.1 Å². The quantitative estimate of drug-likeness (QED) is 0.364. The fourth-order valence-electron chi connectivity index (χ4n) is 2.25. The Labute approximate surface area is 158 Å². The third-order valence-electron chi connectivity index (χ3n) is 3.51. The van der Waals surface area contributed by atoms with Crippen molar-refractivity contribution in [3.63, 3.8) is 0 Å². The van der Waals surface area contributed by atoms with Gasteiger partial charge in [-0.05, 0) is 6.07 Å². The number of ether oxygens (including phenoxy) is 1. The second-order valence-electron chi connectivity index (χ2n) is 5.31. The minimum atomic E-state index is -0.530. The molecule has 9 nitrogen and oxygen atoms in total. The van der Waals surface area contributed by atoms with E-state index in [1.54, 1.807) is 0 Å². The van der Waals surface area contributed by atoms with Crippen molar-refractivity contribution in [2.45, 2.75) is 5.16 Å². The second kappa shape index (κ2) is 8.32. The average Bonchev–Trinajstić information content (AvgIpc) is 3.16. The number of amides is 1. The number of non-ortho nitro benzene ring substituents is 1. The van der Waals surface area contributed by atoms with Crippen molar-refractivity contribution in [1.29, 1.82) is 0 Å². The predicted molar refractivity (Wildman–Crippen MR) is 101 cm³/mol. The minimum absolute atomic E-state index is 0.0756. The lowest BCUT2D eigenvalue weighted by Crippen LogP contribution is -2.14. The van der Waals surface area contributed by atoms with Crippen molar-refractivity contribution in [3.8, 4) is 17.1 Å². The van der Waals surface area contributed by atoms with Crippen molar-refractivity contribution in [2.24, 2.45) is 0 Å². The zero-order valence-corrected chi connectivity index (χ0v) is 15.0. The summed E-state index contributed by atoms with van der Waals surface area (Å²) >= 11 is 1.17. The summed E-state index contributed by atoms with van der Waals surface area (Å²) in [6, 6.07) is 13.5. The molecule has 1 aromatic heterocycles. The number of anilines is 1. The van der Waals surface area contributed by atoms with E-state index in [4.69, 9.17) is 4.74 Å². The van der Waals surface area contributed by atoms with Gasteiger partial charge in [0.2, 0.25) is 11.1 Å². The summed E-state index contributed by atoms with van der Waals surface area (Å²) < 4.78 is 5.10. The molecule has 138 valence electrons. The van der Waals surface area contributed by atoms with E-state index >= 15 is 0 Å². The molecule has 0 fully saturated rings. The number of thioether (sulfide) groups is 1. The maximum atomic E-state index is 12.2. The number of benzene rings is 2. The molecule has 2 aromatic carbocycles. The van der Waals surface area contributed by atoms with Gasteiger partial charge in [-0.3, -0.25) is 20.0 Å². The monoisotopic (exact) mass is 385 g/mol. The molecule has 10 heteroatoms. The molecule has 0 spiro atoms. The van der Waals surface area contributed by atoms with Gasteiger partial charge < -0.3 is 10.1 Å². The molecule has 0 unspecified atom stereocenters. The second-order valence-corrected chi connectivity index (χ2v) is 6.25. The van der Waals surface area contributed by atoms with Gasteiger partial charge in [-0.1, -0.05) is 42.1 Å². The van der Waals surface area contributed by atoms with Crippen molar-refractivity contribution >= 4 is 29.0 Å². The average molecular weight is 385 g/mol. The van der Waals surface area contributed by atoms with Crippen LogP contribution in [0.2, 0.25) is 0 Å². The third kappa shape index (κ3) is 4.61. The fraction of sp³-hybridized carbons (Fsp3) is 0.118. The van der Waals surface area contributed by atoms with Gasteiger partial charge >= 0.3 is 0 Å². The van der Waals surface area contributed by atoms with Crippen LogP contribution in [0.3, 0.4) is 0 Å². The van der Waals surface area contributed by atoms with Crippen LogP contribution in [0.4, 0.5) is 11.4 Å². The smallest absolute Gasteiger partial charge is 0.273 e. The molecule has 1 heterocycles. The van der Waals surface area contributed by atoms with Gasteiger partial charge in [-0.2, -0.15) is 0 Å². The summed E-state index contributed by atoms with van der Waals surface area (Å²) in [4.78, 5) is 26.8. The van der Waals surface area contributed by atoms with Crippen LogP contribution < -0.4 is 10.1 Å². The molecule has 2 N–H and O–H groups in total. The highest BCUT2D eigenvalue weighted by molar-refractivity contribution is 7.99. The number of carbonyl (C=O) groups is 1. The summed E-state index contributed by atoms with van der Waals surface area (Å²) in [5.74, 6) is 0.604. The number of nitro benzene ring substituents is 1. The van der Waals surface area contributed by atoms with Crippen LogP contribution in [0, 0.1) is 10.1 Å². The van der Waals surface area contributed by atoms with Crippen LogP contribution in [0.1, 0.15) is 0 Å². The minimum Gasteiger partial charge on any atom is -0.494 e. The van der Waals surface area contributed by atoms with E-state index in [1.165, 1.54) is 37.1 Å². The zero-order chi connectivity index (χ0) is 19.2. The first-order valence-electron chi connectivity index (χ1n) is 7.79. The Kier molecular flexibility index (Phi) is 5.67. The van der Waals surface area contributed by atoms with Crippen LogP contribution in [0.5, 0.6) is 5.75 Å². The van der Waals surface area contributed by atoms with Gasteiger partial charge in [0.05, 0.1) is 29.5 Å². The first kappa shape index (κ1) is 18.4. The number of methoxy groups -OCH3 is 1. The van der Waals surface area contributed by atoms with E-state index in [9.17, 15) is 14.9 Å². The molecule has 0 bridgehead atoms. The van der Waals surface area contributed by atoms with Gasteiger partial charge in [0.1, 0.15) is 5.75 Å². The molecule has 27 heavy (non-hydrogen) atoms. The van der Waals surface area contributed by atoms with Crippen LogP contribution in [0.25, 0.3) is 11.4 Å². The number of nitrogens with one attached hydrogen (secondary N) is 2. The third-order valence-corrected chi connectivity index (χ3v) is 4.36. The topological polar surface area (TPSA) is 123 Å². The molecule has 0 saturated heterocycles. The number of carbonyl (C=O) groups excluding carboxylic acids is 1. The highest BCUT2D eigenvalue weighted by atomic mass is 32.2. The molecular weight excluding hydrogens is 370 g/mol. The lowest BCUT2D eigenvalue weighted by atomic mass is 10.2. The number of rotatable bonds is 7. The molecule has 0 aliphatic heterocycles. The summed E-state index contributed by atoms with van der Waals surface area (Å²) in [5.41, 5.74) is 1.14. The first-order chi connectivity index (χ1) is 13.1. The number of aromatic amines is 1. The highest BCUT2D eigenvalue weighted by Gasteiger charge is 2.14. The molecular formula is C17H15N5O4S. The van der Waals surface area contributed by atoms with Crippen molar-refractivity contribution in [2.75, 3.05) is 18.2 Å². The lowest BCUT2D eigenvalue weighted by molar-refractivity contribution is -0.384. The van der Waals surface area contributed by atoms with Gasteiger partial charge in [0.15, 0.2) is 5.82 Å². The predicted octanol–water partition coefficient (Wildman–Crippen LogP) is 3.12. The molecule has 0 atom stereocenters. The Morgan fingerprint density at radius 2 is 2.07 bits per heavy atom. The number of hydrogen-bond donors (Lipinski definition) is 2. The number of nitrogens with zero attached hydrogens (tertiary/aromatic N) is 3. The van der Waals surface area contributed by atoms with Gasteiger partial charge in [0.25, 0.3) is 5.69 Å². The Morgan fingerprint density at radius 3 is 2.78 bits per heavy atom. The fourth-order valence-corrected chi connectivity index (χ4v) is 2.85. The number of H-pyrrole nitrogens is 1. The van der Waals surface area contributed by atoms with Gasteiger partial charge in [-0.15, -0.1) is 5.10 Å². The maximum absolute atomic E-state index is 12.2. The Balaban J connectivity index is 1.60. The maximum Gasteiger partial charge on any atom is 0.273 e. The molecule has 0 saturated carbocycles. The van der Waals surface area contributed by atoms with E-state index in [0.717, 1.165) is 5.56 Å². The largest absolute Gasteiger partial charge is 0.494 e. The van der Waals surface area contributed by atoms with Crippen LogP contribution >= 0.6 is 11.8 Å². The standard InChI is InChI=1S/C17H15N5O4S/c1-26-14-9-12(22(24)25)7-8-13(14)18-15(23)10-27-17-19-16(20-21-17)11-5-3-2-4-6-11/h2-9H,10H2,1H3,(H,18,23)(H,19,20,21). The summed E-state index contributed by atoms with van der Waals surface area (Å²) in [6.45, 7) is 0. The SMILES string of the molecule is COc1cc([N+](=O)[O-])ccc1NC(=O)CSc1n[nH]c(-c2ccccc2)n1. The molecule has 0 aliphatic rings. The van der Waals surface area contributed by atoms with E-state index in [0.29, 0.717) is 16.7 Å². The summed E-state index contributed by atoms with van der Waals surface area (Å²) in [6.07, 6.45) is 0. The highest BCUT2D eigenvalue weighted by Crippen LogP contribution is 2.29. The Hall–Kier alpha value is -3.40. The molecule has 3 aromatic rings. The molecule has 0 aliphatic carbocycles. The van der Waals surface area contributed by atoms with E-state index in [2.05, 4.69) is 20.5 Å². The lowest BCUT2D eigenvalue weighted by Gasteiger charge is -2.09. The number of hydrogen-bond acceptors (Lipinski definition) is 7. The summed E-state index contributed by atoms with van der Waals surface area (Å²) in [7, 11) is 1.38. The number of aromatic nitrogens is 3. The number of nitro groups is 1. The molecule has 1 amide bonds. The van der Waals surface area contributed by atoms with Gasteiger partial charge in [-0.25, -0.2) is 4.98 Å². The van der Waals surface area contributed by atoms with E-state index < -0.39 is 4.92 Å². The molecule has 0 radical (unpaired) electrons. The Morgan fingerprint density at radius 1 is 1.30 bits per heavy atom.